The highest BCUT2D eigenvalue weighted by atomic mass is 16.2. The molecular formula is C24H42N4O3. The Morgan fingerprint density at radius 1 is 1.10 bits per heavy atom. The van der Waals surface area contributed by atoms with Crippen molar-refractivity contribution in [2.75, 3.05) is 19.8 Å². The number of amides is 4. The molecule has 4 amide bonds. The van der Waals surface area contributed by atoms with Gasteiger partial charge in [0.25, 0.3) is 5.91 Å². The number of hydrogen-bond acceptors (Lipinski definition) is 4. The van der Waals surface area contributed by atoms with Crippen LogP contribution in [-0.4, -0.2) is 59.0 Å². The van der Waals surface area contributed by atoms with Gasteiger partial charge in [-0.15, -0.1) is 0 Å². The van der Waals surface area contributed by atoms with Gasteiger partial charge in [-0.05, 0) is 62.7 Å². The zero-order valence-corrected chi connectivity index (χ0v) is 20.3. The number of piperidine rings is 1. The summed E-state index contributed by atoms with van der Waals surface area (Å²) in [6.07, 6.45) is 4.92. The van der Waals surface area contributed by atoms with Crippen LogP contribution in [0.1, 0.15) is 80.1 Å². The van der Waals surface area contributed by atoms with E-state index >= 15 is 0 Å². The van der Waals surface area contributed by atoms with Gasteiger partial charge >= 0.3 is 6.03 Å². The molecule has 0 bridgehead atoms. The molecule has 3 rings (SSSR count). The van der Waals surface area contributed by atoms with E-state index in [1.165, 1.54) is 4.90 Å². The van der Waals surface area contributed by atoms with Gasteiger partial charge in [0.2, 0.25) is 5.91 Å². The summed E-state index contributed by atoms with van der Waals surface area (Å²) < 4.78 is 0. The van der Waals surface area contributed by atoms with Crippen LogP contribution in [0.5, 0.6) is 0 Å². The summed E-state index contributed by atoms with van der Waals surface area (Å²) in [7, 11) is 0. The smallest absolute Gasteiger partial charge is 0.326 e. The molecule has 7 nitrogen and oxygen atoms in total. The summed E-state index contributed by atoms with van der Waals surface area (Å²) in [5.41, 5.74) is -0.472. The third-order valence-electron chi connectivity index (χ3n) is 7.98. The Morgan fingerprint density at radius 3 is 2.19 bits per heavy atom. The quantitative estimate of drug-likeness (QED) is 0.650. The summed E-state index contributed by atoms with van der Waals surface area (Å²) in [6, 6.07) is -0.0918. The van der Waals surface area contributed by atoms with Crippen LogP contribution < -0.4 is 10.6 Å². The predicted molar refractivity (Wildman–Crippen MR) is 121 cm³/mol. The molecule has 2 aliphatic heterocycles. The Hall–Kier alpha value is -1.63. The summed E-state index contributed by atoms with van der Waals surface area (Å²) in [4.78, 5) is 41.9. The number of imide groups is 1. The molecule has 176 valence electrons. The Bertz CT molecular complexity index is 683. The van der Waals surface area contributed by atoms with Crippen molar-refractivity contribution in [2.24, 2.45) is 23.2 Å². The topological polar surface area (TPSA) is 81.8 Å². The Balaban J connectivity index is 1.51. The zero-order chi connectivity index (χ0) is 23.0. The maximum absolute atomic E-state index is 13.2. The molecule has 0 aromatic rings. The van der Waals surface area contributed by atoms with Crippen LogP contribution in [0, 0.1) is 23.2 Å². The first-order chi connectivity index (χ1) is 14.4. The molecule has 3 aliphatic rings. The third kappa shape index (κ3) is 5.24. The van der Waals surface area contributed by atoms with Gasteiger partial charge in [-0.25, -0.2) is 9.69 Å². The van der Waals surface area contributed by atoms with Crippen molar-refractivity contribution in [1.82, 2.24) is 20.4 Å². The lowest BCUT2D eigenvalue weighted by Gasteiger charge is -2.40. The van der Waals surface area contributed by atoms with Gasteiger partial charge in [0.05, 0.1) is 6.67 Å². The first-order valence-electron chi connectivity index (χ1n) is 12.1. The summed E-state index contributed by atoms with van der Waals surface area (Å²) in [5, 5.41) is 6.15. The van der Waals surface area contributed by atoms with Crippen LogP contribution >= 0.6 is 0 Å². The fraction of sp³-hybridized carbons (Fsp3) is 0.875. The number of nitrogens with zero attached hydrogens (tertiary/aromatic N) is 2. The summed E-state index contributed by atoms with van der Waals surface area (Å²) in [5.74, 6) is 1.08. The van der Waals surface area contributed by atoms with Crippen LogP contribution in [0.15, 0.2) is 0 Å². The third-order valence-corrected chi connectivity index (χ3v) is 7.98. The maximum atomic E-state index is 13.2. The second kappa shape index (κ2) is 9.08. The monoisotopic (exact) mass is 434 g/mol. The average Bonchev–Trinajstić information content (AvgIpc) is 2.92. The largest absolute Gasteiger partial charge is 0.353 e. The van der Waals surface area contributed by atoms with Gasteiger partial charge in [0.15, 0.2) is 0 Å². The Morgan fingerprint density at radius 2 is 1.68 bits per heavy atom. The van der Waals surface area contributed by atoms with Gasteiger partial charge in [0.1, 0.15) is 5.54 Å². The minimum atomic E-state index is -0.704. The number of hydrogen-bond donors (Lipinski definition) is 2. The van der Waals surface area contributed by atoms with Crippen molar-refractivity contribution in [3.8, 4) is 0 Å². The first kappa shape index (κ1) is 24.0. The molecule has 0 aromatic carbocycles. The highest BCUT2D eigenvalue weighted by molar-refractivity contribution is 6.07. The van der Waals surface area contributed by atoms with Crippen molar-refractivity contribution < 1.29 is 14.4 Å². The van der Waals surface area contributed by atoms with E-state index in [4.69, 9.17) is 0 Å². The Labute approximate surface area is 187 Å². The minimum Gasteiger partial charge on any atom is -0.353 e. The zero-order valence-electron chi connectivity index (χ0n) is 20.3. The van der Waals surface area contributed by atoms with E-state index in [-0.39, 0.29) is 35.2 Å². The molecule has 3 fully saturated rings. The van der Waals surface area contributed by atoms with E-state index in [2.05, 4.69) is 50.2 Å². The molecule has 7 heteroatoms. The van der Waals surface area contributed by atoms with Crippen LogP contribution in [-0.2, 0) is 9.59 Å². The number of carbonyl (C=O) groups excluding carboxylic acids is 3. The molecule has 2 saturated heterocycles. The van der Waals surface area contributed by atoms with E-state index in [1.54, 1.807) is 0 Å². The highest BCUT2D eigenvalue weighted by Crippen LogP contribution is 2.43. The highest BCUT2D eigenvalue weighted by Gasteiger charge is 2.53. The van der Waals surface area contributed by atoms with E-state index in [0.717, 1.165) is 51.6 Å². The van der Waals surface area contributed by atoms with Gasteiger partial charge in [0, 0.05) is 25.0 Å². The van der Waals surface area contributed by atoms with Crippen LogP contribution in [0.2, 0.25) is 0 Å². The molecule has 1 saturated carbocycles. The van der Waals surface area contributed by atoms with Gasteiger partial charge < -0.3 is 10.6 Å². The van der Waals surface area contributed by atoms with Crippen LogP contribution in [0.3, 0.4) is 0 Å². The number of carbonyl (C=O) groups is 3. The molecule has 0 aromatic heterocycles. The normalized spacial score (nSPS) is 29.5. The first-order valence-corrected chi connectivity index (χ1v) is 12.1. The number of urea groups is 1. The SMILES string of the molecule is CC(C)C(C)NC(=O)C1CCN(CN2C(=O)NC3(CCC(C(C)(C)C)CC3)C2=O)CC1. The van der Waals surface area contributed by atoms with Gasteiger partial charge in [-0.3, -0.25) is 14.5 Å². The number of nitrogens with one attached hydrogen (secondary N) is 2. The van der Waals surface area contributed by atoms with Crippen LogP contribution in [0.25, 0.3) is 0 Å². The van der Waals surface area contributed by atoms with Crippen molar-refractivity contribution in [1.29, 1.82) is 0 Å². The summed E-state index contributed by atoms with van der Waals surface area (Å²) >= 11 is 0. The maximum Gasteiger partial charge on any atom is 0.326 e. The van der Waals surface area contributed by atoms with Crippen molar-refractivity contribution >= 4 is 17.8 Å². The Kier molecular flexibility index (Phi) is 7.04. The van der Waals surface area contributed by atoms with Crippen molar-refractivity contribution in [2.45, 2.75) is 91.6 Å². The average molecular weight is 435 g/mol. The number of rotatable bonds is 5. The summed E-state index contributed by atoms with van der Waals surface area (Å²) in [6.45, 7) is 14.8. The van der Waals surface area contributed by atoms with Crippen LogP contribution in [0.4, 0.5) is 4.79 Å². The lowest BCUT2D eigenvalue weighted by molar-refractivity contribution is -0.135. The molecule has 31 heavy (non-hydrogen) atoms. The molecular weight excluding hydrogens is 392 g/mol. The van der Waals surface area contributed by atoms with E-state index < -0.39 is 5.54 Å². The van der Waals surface area contributed by atoms with E-state index in [1.807, 2.05) is 6.92 Å². The molecule has 1 atom stereocenters. The predicted octanol–water partition coefficient (Wildman–Crippen LogP) is 3.34. The molecule has 2 N–H and O–H groups in total. The molecule has 1 unspecified atom stereocenters. The van der Waals surface area contributed by atoms with Gasteiger partial charge in [-0.2, -0.15) is 0 Å². The van der Waals surface area contributed by atoms with Gasteiger partial charge in [-0.1, -0.05) is 34.6 Å². The van der Waals surface area contributed by atoms with E-state index in [9.17, 15) is 14.4 Å². The fourth-order valence-electron chi connectivity index (χ4n) is 5.17. The second-order valence-corrected chi connectivity index (χ2v) is 11.5. The van der Waals surface area contributed by atoms with E-state index in [0.29, 0.717) is 18.5 Å². The second-order valence-electron chi connectivity index (χ2n) is 11.5. The molecule has 1 aliphatic carbocycles. The molecule has 0 radical (unpaired) electrons. The number of likely N-dealkylation sites (tertiary alicyclic amines) is 1. The fourth-order valence-corrected chi connectivity index (χ4v) is 5.17. The molecule has 1 spiro atoms. The van der Waals surface area contributed by atoms with Crippen molar-refractivity contribution in [3.05, 3.63) is 0 Å². The molecule has 2 heterocycles. The lowest BCUT2D eigenvalue weighted by atomic mass is 9.67. The lowest BCUT2D eigenvalue weighted by Crippen LogP contribution is -2.51. The van der Waals surface area contributed by atoms with Crippen molar-refractivity contribution in [3.63, 3.8) is 0 Å². The standard InChI is InChI=1S/C24H42N4O3/c1-16(2)17(3)25-20(29)18-9-13-27(14-10-18)15-28-21(30)24(26-22(28)31)11-7-19(8-12-24)23(4,5)6/h16-19H,7-15H2,1-6H3,(H,25,29)(H,26,31). The minimum absolute atomic E-state index is 0.0135.